The zero-order valence-corrected chi connectivity index (χ0v) is 15.1. The molecule has 2 aromatic carbocycles. The van der Waals surface area contributed by atoms with E-state index in [1.54, 1.807) is 36.4 Å². The van der Waals surface area contributed by atoms with Gasteiger partial charge in [-0.25, -0.2) is 0 Å². The molecule has 6 heteroatoms. The summed E-state index contributed by atoms with van der Waals surface area (Å²) in [5.41, 5.74) is 1.45. The Balaban J connectivity index is 1.93. The van der Waals surface area contributed by atoms with Crippen molar-refractivity contribution in [2.24, 2.45) is 0 Å². The first-order chi connectivity index (χ1) is 12.5. The Morgan fingerprint density at radius 2 is 1.88 bits per heavy atom. The van der Waals surface area contributed by atoms with Crippen LogP contribution in [0, 0.1) is 10.1 Å². The summed E-state index contributed by atoms with van der Waals surface area (Å²) >= 11 is 0. The van der Waals surface area contributed by atoms with Crippen molar-refractivity contribution >= 4 is 17.2 Å². The number of carbonyl (C=O) groups is 1. The van der Waals surface area contributed by atoms with Crippen molar-refractivity contribution in [1.29, 1.82) is 0 Å². The topological polar surface area (TPSA) is 66.7 Å². The first-order valence-corrected chi connectivity index (χ1v) is 8.77. The molecule has 1 fully saturated rings. The van der Waals surface area contributed by atoms with Gasteiger partial charge in [0, 0.05) is 36.3 Å². The van der Waals surface area contributed by atoms with Crippen molar-refractivity contribution in [3.8, 4) is 0 Å². The van der Waals surface area contributed by atoms with Gasteiger partial charge in [-0.05, 0) is 39.1 Å². The van der Waals surface area contributed by atoms with E-state index in [0.717, 1.165) is 25.9 Å². The lowest BCUT2D eigenvalue weighted by Crippen LogP contribution is -2.45. The number of anilines is 1. The quantitative estimate of drug-likeness (QED) is 0.468. The van der Waals surface area contributed by atoms with Crippen molar-refractivity contribution in [3.05, 3.63) is 69.8 Å². The maximum absolute atomic E-state index is 12.6. The van der Waals surface area contributed by atoms with Crippen LogP contribution in [0.1, 0.15) is 28.8 Å². The minimum Gasteiger partial charge on any atom is -0.364 e. The minimum atomic E-state index is -0.392. The van der Waals surface area contributed by atoms with Crippen LogP contribution in [-0.2, 0) is 0 Å². The highest BCUT2D eigenvalue weighted by atomic mass is 16.6. The van der Waals surface area contributed by atoms with Gasteiger partial charge < -0.3 is 9.80 Å². The first-order valence-electron chi connectivity index (χ1n) is 8.77. The molecule has 1 unspecified atom stereocenters. The molecular formula is C20H23N3O3. The highest BCUT2D eigenvalue weighted by Gasteiger charge is 2.27. The smallest absolute Gasteiger partial charge is 0.293 e. The second-order valence-electron chi connectivity index (χ2n) is 6.86. The van der Waals surface area contributed by atoms with Crippen molar-refractivity contribution < 1.29 is 9.72 Å². The zero-order valence-electron chi connectivity index (χ0n) is 15.1. The van der Waals surface area contributed by atoms with E-state index in [0.29, 0.717) is 22.9 Å². The lowest BCUT2D eigenvalue weighted by Gasteiger charge is -2.37. The van der Waals surface area contributed by atoms with Gasteiger partial charge in [-0.2, -0.15) is 0 Å². The van der Waals surface area contributed by atoms with Gasteiger partial charge in [0.1, 0.15) is 5.69 Å². The SMILES string of the molecule is CN(C)C1CCCN(c2ccc(C(=O)c3ccccc3)cc2[N+](=O)[O-])C1. The Hall–Kier alpha value is -2.73. The lowest BCUT2D eigenvalue weighted by molar-refractivity contribution is -0.384. The number of benzene rings is 2. The van der Waals surface area contributed by atoms with E-state index >= 15 is 0 Å². The molecule has 1 atom stereocenters. The van der Waals surface area contributed by atoms with Gasteiger partial charge >= 0.3 is 0 Å². The Morgan fingerprint density at radius 1 is 1.15 bits per heavy atom. The summed E-state index contributed by atoms with van der Waals surface area (Å²) in [4.78, 5) is 28.1. The number of hydrogen-bond donors (Lipinski definition) is 0. The summed E-state index contributed by atoms with van der Waals surface area (Å²) in [6.45, 7) is 1.54. The molecular weight excluding hydrogens is 330 g/mol. The highest BCUT2D eigenvalue weighted by molar-refractivity contribution is 6.09. The fraction of sp³-hybridized carbons (Fsp3) is 0.350. The summed E-state index contributed by atoms with van der Waals surface area (Å²) in [6, 6.07) is 14.0. The van der Waals surface area contributed by atoms with Crippen LogP contribution < -0.4 is 4.90 Å². The summed E-state index contributed by atoms with van der Waals surface area (Å²) in [5, 5.41) is 11.6. The third-order valence-electron chi connectivity index (χ3n) is 4.94. The maximum atomic E-state index is 12.6. The van der Waals surface area contributed by atoms with E-state index in [2.05, 4.69) is 9.80 Å². The second kappa shape index (κ2) is 7.66. The molecule has 136 valence electrons. The standard InChI is InChI=1S/C20H23N3O3/c1-21(2)17-9-6-12-22(14-17)18-11-10-16(13-19(18)23(25)26)20(24)15-7-4-3-5-8-15/h3-5,7-8,10-11,13,17H,6,9,12,14H2,1-2H3. The van der Waals surface area contributed by atoms with Crippen molar-refractivity contribution in [1.82, 2.24) is 4.90 Å². The van der Waals surface area contributed by atoms with Crippen molar-refractivity contribution in [3.63, 3.8) is 0 Å². The molecule has 0 saturated carbocycles. The van der Waals surface area contributed by atoms with Gasteiger partial charge in [0.2, 0.25) is 0 Å². The van der Waals surface area contributed by atoms with Crippen molar-refractivity contribution in [2.45, 2.75) is 18.9 Å². The average Bonchev–Trinajstić information content (AvgIpc) is 2.67. The molecule has 0 spiro atoms. The van der Waals surface area contributed by atoms with Crippen LogP contribution in [-0.4, -0.2) is 48.8 Å². The monoisotopic (exact) mass is 353 g/mol. The number of piperidine rings is 1. The molecule has 1 aliphatic rings. The number of nitro benzene ring substituents is 1. The number of likely N-dealkylation sites (N-methyl/N-ethyl adjacent to an activating group) is 1. The molecule has 26 heavy (non-hydrogen) atoms. The molecule has 0 aromatic heterocycles. The van der Waals surface area contributed by atoms with Gasteiger partial charge in [-0.15, -0.1) is 0 Å². The molecule has 1 saturated heterocycles. The van der Waals surface area contributed by atoms with Gasteiger partial charge in [0.05, 0.1) is 4.92 Å². The average molecular weight is 353 g/mol. The summed E-state index contributed by atoms with van der Waals surface area (Å²) in [6.07, 6.45) is 2.08. The summed E-state index contributed by atoms with van der Waals surface area (Å²) in [7, 11) is 4.06. The molecule has 1 heterocycles. The van der Waals surface area contributed by atoms with Gasteiger partial charge in [-0.1, -0.05) is 30.3 Å². The third-order valence-corrected chi connectivity index (χ3v) is 4.94. The number of ketones is 1. The molecule has 1 aliphatic heterocycles. The number of hydrogen-bond acceptors (Lipinski definition) is 5. The predicted octanol–water partition coefficient (Wildman–Crippen LogP) is 3.36. The van der Waals surface area contributed by atoms with Crippen molar-refractivity contribution in [2.75, 3.05) is 32.1 Å². The van der Waals surface area contributed by atoms with E-state index in [4.69, 9.17) is 0 Å². The number of carbonyl (C=O) groups excluding carboxylic acids is 1. The molecule has 0 N–H and O–H groups in total. The largest absolute Gasteiger partial charge is 0.364 e. The van der Waals surface area contributed by atoms with Crippen LogP contribution in [0.25, 0.3) is 0 Å². The van der Waals surface area contributed by atoms with Crippen LogP contribution >= 0.6 is 0 Å². The van der Waals surface area contributed by atoms with Crippen LogP contribution in [0.3, 0.4) is 0 Å². The molecule has 0 aliphatic carbocycles. The van der Waals surface area contributed by atoms with Gasteiger partial charge in [0.25, 0.3) is 5.69 Å². The second-order valence-corrected chi connectivity index (χ2v) is 6.86. The fourth-order valence-electron chi connectivity index (χ4n) is 3.43. The molecule has 3 rings (SSSR count). The number of nitro groups is 1. The summed E-state index contributed by atoms with van der Waals surface area (Å²) < 4.78 is 0. The molecule has 2 aromatic rings. The van der Waals surface area contributed by atoms with Crippen LogP contribution in [0.5, 0.6) is 0 Å². The van der Waals surface area contributed by atoms with Gasteiger partial charge in [0.15, 0.2) is 5.78 Å². The highest BCUT2D eigenvalue weighted by Crippen LogP contribution is 2.32. The Labute approximate surface area is 153 Å². The Kier molecular flexibility index (Phi) is 5.32. The molecule has 0 radical (unpaired) electrons. The molecule has 0 bridgehead atoms. The summed E-state index contributed by atoms with van der Waals surface area (Å²) in [5.74, 6) is -0.204. The lowest BCUT2D eigenvalue weighted by atomic mass is 10.0. The maximum Gasteiger partial charge on any atom is 0.293 e. The van der Waals surface area contributed by atoms with E-state index in [1.807, 2.05) is 20.2 Å². The third kappa shape index (κ3) is 3.75. The molecule has 0 amide bonds. The Morgan fingerprint density at radius 3 is 2.54 bits per heavy atom. The van der Waals surface area contributed by atoms with Crippen LogP contribution in [0.2, 0.25) is 0 Å². The normalized spacial score (nSPS) is 17.3. The van der Waals surface area contributed by atoms with Gasteiger partial charge in [-0.3, -0.25) is 14.9 Å². The number of nitrogens with zero attached hydrogens (tertiary/aromatic N) is 3. The van der Waals surface area contributed by atoms with Crippen LogP contribution in [0.15, 0.2) is 48.5 Å². The van der Waals surface area contributed by atoms with E-state index < -0.39 is 4.92 Å². The van der Waals surface area contributed by atoms with E-state index in [1.165, 1.54) is 6.07 Å². The first kappa shape index (κ1) is 18.1. The van der Waals surface area contributed by atoms with E-state index in [-0.39, 0.29) is 11.5 Å². The fourth-order valence-corrected chi connectivity index (χ4v) is 3.43. The molecule has 6 nitrogen and oxygen atoms in total. The Bertz CT molecular complexity index is 805. The minimum absolute atomic E-state index is 0.00816. The van der Waals surface area contributed by atoms with Crippen LogP contribution in [0.4, 0.5) is 11.4 Å². The van der Waals surface area contributed by atoms with E-state index in [9.17, 15) is 14.9 Å². The zero-order chi connectivity index (χ0) is 18.7. The number of rotatable bonds is 5. The predicted molar refractivity (Wildman–Crippen MR) is 102 cm³/mol.